The maximum atomic E-state index is 11.3. The number of hydrogen-bond donors (Lipinski definition) is 0. The molecule has 0 unspecified atom stereocenters. The minimum atomic E-state index is -0.711. The van der Waals surface area contributed by atoms with Crippen LogP contribution in [0.3, 0.4) is 0 Å². The fraction of sp³-hybridized carbons (Fsp3) is 0.444. The maximum Gasteiger partial charge on any atom is 0.303 e. The second-order valence-corrected chi connectivity index (χ2v) is 11.0. The number of rotatable bonds is 13. The van der Waals surface area contributed by atoms with Crippen LogP contribution in [-0.2, 0) is 34.0 Å². The number of benzene rings is 2. The second kappa shape index (κ2) is 14.7. The molecule has 38 heavy (non-hydrogen) atoms. The van der Waals surface area contributed by atoms with Gasteiger partial charge in [-0.25, -0.2) is 0 Å². The molecular weight excluding hydrogens is 648 g/mol. The Kier molecular flexibility index (Phi) is 12.4. The molecule has 2 aromatic carbocycles. The summed E-state index contributed by atoms with van der Waals surface area (Å²) in [6, 6.07) is 11.5. The van der Waals surface area contributed by atoms with Gasteiger partial charge in [-0.15, -0.1) is 11.6 Å². The summed E-state index contributed by atoms with van der Waals surface area (Å²) < 4.78 is 28.3. The Labute approximate surface area is 244 Å². The van der Waals surface area contributed by atoms with Crippen LogP contribution in [-0.4, -0.2) is 55.8 Å². The number of esters is 3. The van der Waals surface area contributed by atoms with E-state index in [1.165, 1.54) is 20.8 Å². The molecule has 0 saturated heterocycles. The molecule has 208 valence electrons. The highest BCUT2D eigenvalue weighted by Gasteiger charge is 2.26. The van der Waals surface area contributed by atoms with Gasteiger partial charge < -0.3 is 23.7 Å². The third-order valence-electron chi connectivity index (χ3n) is 5.46. The van der Waals surface area contributed by atoms with E-state index in [0.29, 0.717) is 11.5 Å². The summed E-state index contributed by atoms with van der Waals surface area (Å²) in [5, 5.41) is 0. The summed E-state index contributed by atoms with van der Waals surface area (Å²) in [6.45, 7) is 8.16. The summed E-state index contributed by atoms with van der Waals surface area (Å²) in [7, 11) is 0. The Hall–Kier alpha value is -2.30. The maximum absolute atomic E-state index is 11.3. The van der Waals surface area contributed by atoms with Crippen LogP contribution in [0, 0.1) is 0 Å². The Balaban J connectivity index is 2.12. The third-order valence-corrected chi connectivity index (χ3v) is 6.98. The van der Waals surface area contributed by atoms with Crippen molar-refractivity contribution < 1.29 is 38.1 Å². The van der Waals surface area contributed by atoms with E-state index < -0.39 is 30.1 Å². The Morgan fingerprint density at radius 2 is 1.32 bits per heavy atom. The highest BCUT2D eigenvalue weighted by Crippen LogP contribution is 2.41. The minimum Gasteiger partial charge on any atom is -0.490 e. The SMILES string of the molecule is CC(=O)OC[C@@H](COc1ccc(C(C)(C)c2cc(Br)c(OC[C@@H](CCl)OC(C)=O)c(Br)c2)cc1)OC(C)=O. The first-order valence-electron chi connectivity index (χ1n) is 11.7. The van der Waals surface area contributed by atoms with E-state index in [1.54, 1.807) is 0 Å². The van der Waals surface area contributed by atoms with Gasteiger partial charge in [-0.2, -0.15) is 0 Å². The van der Waals surface area contributed by atoms with Gasteiger partial charge in [0, 0.05) is 26.2 Å². The van der Waals surface area contributed by atoms with E-state index in [9.17, 15) is 14.4 Å². The summed E-state index contributed by atoms with van der Waals surface area (Å²) in [6.07, 6.45) is -1.27. The molecule has 2 rings (SSSR count). The van der Waals surface area contributed by atoms with E-state index in [-0.39, 0.29) is 31.1 Å². The molecule has 0 spiro atoms. The number of hydrogen-bond acceptors (Lipinski definition) is 8. The molecule has 0 aliphatic carbocycles. The number of ether oxygens (including phenoxy) is 5. The number of alkyl halides is 1. The number of halogens is 3. The normalized spacial score (nSPS) is 12.7. The van der Waals surface area contributed by atoms with E-state index in [0.717, 1.165) is 20.1 Å². The van der Waals surface area contributed by atoms with Crippen LogP contribution < -0.4 is 9.47 Å². The highest BCUT2D eigenvalue weighted by atomic mass is 79.9. The molecule has 0 saturated carbocycles. The Morgan fingerprint density at radius 3 is 1.82 bits per heavy atom. The summed E-state index contributed by atoms with van der Waals surface area (Å²) in [5.41, 5.74) is 1.67. The first-order chi connectivity index (χ1) is 17.8. The molecule has 0 aliphatic rings. The minimum absolute atomic E-state index is 0.0407. The molecule has 0 heterocycles. The van der Waals surface area contributed by atoms with Crippen molar-refractivity contribution in [3.63, 3.8) is 0 Å². The van der Waals surface area contributed by atoms with Crippen molar-refractivity contribution in [2.45, 2.75) is 52.2 Å². The van der Waals surface area contributed by atoms with Gasteiger partial charge in [0.15, 0.2) is 6.10 Å². The first kappa shape index (κ1) is 31.9. The van der Waals surface area contributed by atoms with Crippen molar-refractivity contribution in [2.24, 2.45) is 0 Å². The predicted octanol–water partition coefficient (Wildman–Crippen LogP) is 5.96. The van der Waals surface area contributed by atoms with Crippen LogP contribution in [0.1, 0.15) is 45.7 Å². The largest absolute Gasteiger partial charge is 0.490 e. The number of carbonyl (C=O) groups is 3. The van der Waals surface area contributed by atoms with Gasteiger partial charge in [0.2, 0.25) is 0 Å². The summed E-state index contributed by atoms with van der Waals surface area (Å²) >= 11 is 13.0. The average Bonchev–Trinajstić information content (AvgIpc) is 2.83. The van der Waals surface area contributed by atoms with Crippen LogP contribution in [0.5, 0.6) is 11.5 Å². The zero-order chi connectivity index (χ0) is 28.5. The van der Waals surface area contributed by atoms with Crippen molar-refractivity contribution in [3.05, 3.63) is 56.5 Å². The predicted molar refractivity (Wildman–Crippen MR) is 150 cm³/mol. The summed E-state index contributed by atoms with van der Waals surface area (Å²) in [4.78, 5) is 33.6. The molecular formula is C27H31Br2ClO8. The van der Waals surface area contributed by atoms with Gasteiger partial charge in [0.1, 0.15) is 37.4 Å². The van der Waals surface area contributed by atoms with E-state index >= 15 is 0 Å². The van der Waals surface area contributed by atoms with Gasteiger partial charge in [-0.05, 0) is 67.3 Å². The average molecular weight is 679 g/mol. The fourth-order valence-corrected chi connectivity index (χ4v) is 5.03. The monoisotopic (exact) mass is 676 g/mol. The molecule has 0 aliphatic heterocycles. The van der Waals surface area contributed by atoms with Gasteiger partial charge in [0.25, 0.3) is 0 Å². The van der Waals surface area contributed by atoms with Crippen molar-refractivity contribution in [1.82, 2.24) is 0 Å². The van der Waals surface area contributed by atoms with E-state index in [4.69, 9.17) is 35.3 Å². The van der Waals surface area contributed by atoms with Crippen LogP contribution >= 0.6 is 43.5 Å². The van der Waals surface area contributed by atoms with E-state index in [1.807, 2.05) is 36.4 Å². The van der Waals surface area contributed by atoms with Crippen molar-refractivity contribution in [2.75, 3.05) is 25.7 Å². The van der Waals surface area contributed by atoms with Crippen molar-refractivity contribution in [1.29, 1.82) is 0 Å². The highest BCUT2D eigenvalue weighted by molar-refractivity contribution is 9.11. The van der Waals surface area contributed by atoms with Crippen LogP contribution in [0.2, 0.25) is 0 Å². The van der Waals surface area contributed by atoms with E-state index in [2.05, 4.69) is 45.7 Å². The third kappa shape index (κ3) is 9.78. The Morgan fingerprint density at radius 1 is 0.789 bits per heavy atom. The number of carbonyl (C=O) groups excluding carboxylic acids is 3. The molecule has 0 amide bonds. The topological polar surface area (TPSA) is 97.4 Å². The fourth-order valence-electron chi connectivity index (χ4n) is 3.46. The zero-order valence-corrected chi connectivity index (χ0v) is 25.8. The molecule has 2 atom stereocenters. The molecule has 0 fully saturated rings. The molecule has 0 radical (unpaired) electrons. The Bertz CT molecular complexity index is 1100. The van der Waals surface area contributed by atoms with Crippen molar-refractivity contribution >= 4 is 61.4 Å². The lowest BCUT2D eigenvalue weighted by molar-refractivity contribution is -0.158. The molecule has 2 aromatic rings. The van der Waals surface area contributed by atoms with Crippen LogP contribution in [0.15, 0.2) is 45.3 Å². The summed E-state index contributed by atoms with van der Waals surface area (Å²) in [5.74, 6) is -0.0927. The lowest BCUT2D eigenvalue weighted by Crippen LogP contribution is -2.29. The molecule has 0 bridgehead atoms. The molecule has 8 nitrogen and oxygen atoms in total. The lowest BCUT2D eigenvalue weighted by Gasteiger charge is -2.28. The quantitative estimate of drug-likeness (QED) is 0.146. The van der Waals surface area contributed by atoms with Gasteiger partial charge in [-0.1, -0.05) is 26.0 Å². The van der Waals surface area contributed by atoms with Crippen LogP contribution in [0.4, 0.5) is 0 Å². The van der Waals surface area contributed by atoms with Gasteiger partial charge >= 0.3 is 17.9 Å². The molecule has 0 N–H and O–H groups in total. The standard InChI is InChI=1S/C27H31Br2ClO8/c1-16(31)34-14-23(38-18(3)33)15-35-21-8-6-19(7-9-21)27(4,5)20-10-24(28)26(25(29)11-20)36-13-22(12-30)37-17(2)32/h6-11,22-23H,12-15H2,1-5H3/t22-,23+/m1/s1. The molecule has 0 aromatic heterocycles. The second-order valence-electron chi connectivity index (χ2n) is 8.96. The molecule has 11 heteroatoms. The lowest BCUT2D eigenvalue weighted by atomic mass is 9.78. The van der Waals surface area contributed by atoms with Gasteiger partial charge in [-0.3, -0.25) is 14.4 Å². The van der Waals surface area contributed by atoms with Gasteiger partial charge in [0.05, 0.1) is 14.8 Å². The first-order valence-corrected chi connectivity index (χ1v) is 13.8. The van der Waals surface area contributed by atoms with Crippen molar-refractivity contribution in [3.8, 4) is 11.5 Å². The smallest absolute Gasteiger partial charge is 0.303 e. The zero-order valence-electron chi connectivity index (χ0n) is 21.8. The van der Waals surface area contributed by atoms with Crippen LogP contribution in [0.25, 0.3) is 0 Å².